The lowest BCUT2D eigenvalue weighted by molar-refractivity contribution is 0.0915. The van der Waals surface area contributed by atoms with Crippen LogP contribution < -0.4 is 16.0 Å². The lowest BCUT2D eigenvalue weighted by atomic mass is 9.75. The first-order valence-electron chi connectivity index (χ1n) is 16.2. The second kappa shape index (κ2) is 13.4. The summed E-state index contributed by atoms with van der Waals surface area (Å²) in [7, 11) is 0. The van der Waals surface area contributed by atoms with Gasteiger partial charge in [-0.15, -0.1) is 0 Å². The number of aromatic nitrogens is 3. The second-order valence-corrected chi connectivity index (χ2v) is 13.4. The predicted molar refractivity (Wildman–Crippen MR) is 185 cm³/mol. The molecule has 1 atom stereocenters. The molecule has 0 aliphatic carbocycles. The van der Waals surface area contributed by atoms with E-state index in [1.54, 1.807) is 11.6 Å². The van der Waals surface area contributed by atoms with E-state index in [9.17, 15) is 9.59 Å². The Kier molecular flexibility index (Phi) is 9.09. The standard InChI is InChI=1S/C38H42N6O3/c1-24-11-17-30(18-12-24)44-32(23-31(42-44)38(3,4)5)41-37(46)40-29-15-13-26(14-16-29)34(27-19-21-39-22-20-27)36(45)33-25(2)47-43-35(33)28-9-7-6-8-10-28/h6-18,23,27,34,39H,19-22H2,1-5H3,(H2,40,41,46). The Balaban J connectivity index is 1.24. The summed E-state index contributed by atoms with van der Waals surface area (Å²) in [5.74, 6) is 0.875. The molecule has 1 saturated heterocycles. The van der Waals surface area contributed by atoms with Crippen molar-refractivity contribution < 1.29 is 14.1 Å². The lowest BCUT2D eigenvalue weighted by Gasteiger charge is -2.30. The molecule has 3 aromatic carbocycles. The number of amides is 2. The minimum atomic E-state index is -0.384. The van der Waals surface area contributed by atoms with Crippen LogP contribution in [0.25, 0.3) is 16.9 Å². The van der Waals surface area contributed by atoms with Gasteiger partial charge in [0.15, 0.2) is 5.78 Å². The predicted octanol–water partition coefficient (Wildman–Crippen LogP) is 8.05. The molecule has 47 heavy (non-hydrogen) atoms. The van der Waals surface area contributed by atoms with Crippen molar-refractivity contribution in [2.75, 3.05) is 23.7 Å². The molecule has 0 spiro atoms. The van der Waals surface area contributed by atoms with Gasteiger partial charge in [-0.05, 0) is 75.5 Å². The SMILES string of the molecule is Cc1ccc(-n2nc(C(C)(C)C)cc2NC(=O)Nc2ccc(C(C(=O)c3c(-c4ccccc4)noc3C)C3CCNCC3)cc2)cc1. The third-order valence-corrected chi connectivity index (χ3v) is 8.82. The fourth-order valence-corrected chi connectivity index (χ4v) is 6.20. The van der Waals surface area contributed by atoms with Gasteiger partial charge in [0, 0.05) is 22.7 Å². The van der Waals surface area contributed by atoms with Crippen LogP contribution in [0.4, 0.5) is 16.3 Å². The number of hydrogen-bond acceptors (Lipinski definition) is 6. The topological polar surface area (TPSA) is 114 Å². The third kappa shape index (κ3) is 7.05. The maximum atomic E-state index is 14.4. The molecular formula is C38H42N6O3. The smallest absolute Gasteiger partial charge is 0.324 e. The summed E-state index contributed by atoms with van der Waals surface area (Å²) >= 11 is 0. The quantitative estimate of drug-likeness (QED) is 0.150. The Morgan fingerprint density at radius 1 is 0.915 bits per heavy atom. The highest BCUT2D eigenvalue weighted by atomic mass is 16.5. The number of rotatable bonds is 8. The number of ketones is 1. The number of nitrogens with one attached hydrogen (secondary N) is 3. The van der Waals surface area contributed by atoms with Crippen LogP contribution >= 0.6 is 0 Å². The van der Waals surface area contributed by atoms with E-state index in [0.717, 1.165) is 54.0 Å². The van der Waals surface area contributed by atoms with Gasteiger partial charge in [0.05, 0.1) is 22.9 Å². The first-order valence-corrected chi connectivity index (χ1v) is 16.2. The normalized spacial score (nSPS) is 14.5. The number of Topliss-reactive ketones (excluding diaryl/α,β-unsaturated/α-hetero) is 1. The first kappa shape index (κ1) is 31.9. The number of piperidine rings is 1. The van der Waals surface area contributed by atoms with Gasteiger partial charge < -0.3 is 15.2 Å². The second-order valence-electron chi connectivity index (χ2n) is 13.4. The molecule has 3 N–H and O–H groups in total. The van der Waals surface area contributed by atoms with Crippen LogP contribution in [-0.2, 0) is 5.41 Å². The molecule has 2 amide bonds. The van der Waals surface area contributed by atoms with Gasteiger partial charge >= 0.3 is 6.03 Å². The molecule has 1 aliphatic heterocycles. The molecule has 1 aliphatic rings. The van der Waals surface area contributed by atoms with Gasteiger partial charge in [-0.2, -0.15) is 5.10 Å². The molecule has 3 heterocycles. The van der Waals surface area contributed by atoms with Crippen LogP contribution in [0.5, 0.6) is 0 Å². The van der Waals surface area contributed by atoms with E-state index in [1.807, 2.05) is 91.9 Å². The van der Waals surface area contributed by atoms with Crippen molar-refractivity contribution in [1.82, 2.24) is 20.3 Å². The van der Waals surface area contributed by atoms with Crippen LogP contribution in [0.3, 0.4) is 0 Å². The Bertz CT molecular complexity index is 1840. The molecule has 0 bridgehead atoms. The number of nitrogens with zero attached hydrogens (tertiary/aromatic N) is 3. The average molecular weight is 631 g/mol. The molecular weight excluding hydrogens is 588 g/mol. The van der Waals surface area contributed by atoms with E-state index in [0.29, 0.717) is 28.5 Å². The van der Waals surface area contributed by atoms with E-state index in [4.69, 9.17) is 9.62 Å². The van der Waals surface area contributed by atoms with Gasteiger partial charge in [-0.1, -0.05) is 86.1 Å². The minimum Gasteiger partial charge on any atom is -0.360 e. The van der Waals surface area contributed by atoms with Gasteiger partial charge in [0.1, 0.15) is 17.3 Å². The van der Waals surface area contributed by atoms with Crippen LogP contribution in [0.15, 0.2) is 89.5 Å². The molecule has 0 saturated carbocycles. The summed E-state index contributed by atoms with van der Waals surface area (Å²) in [6, 6.07) is 26.8. The van der Waals surface area contributed by atoms with Crippen molar-refractivity contribution in [2.45, 2.75) is 58.8 Å². The lowest BCUT2D eigenvalue weighted by Crippen LogP contribution is -2.34. The van der Waals surface area contributed by atoms with Gasteiger partial charge in [0.2, 0.25) is 0 Å². The minimum absolute atomic E-state index is 0.00646. The van der Waals surface area contributed by atoms with Gasteiger partial charge in [-0.3, -0.25) is 10.1 Å². The fourth-order valence-electron chi connectivity index (χ4n) is 6.20. The largest absolute Gasteiger partial charge is 0.360 e. The summed E-state index contributed by atoms with van der Waals surface area (Å²) in [4.78, 5) is 27.7. The average Bonchev–Trinajstić information content (AvgIpc) is 3.67. The summed E-state index contributed by atoms with van der Waals surface area (Å²) in [6.45, 7) is 11.8. The van der Waals surface area contributed by atoms with E-state index in [1.165, 1.54) is 0 Å². The van der Waals surface area contributed by atoms with Crippen LogP contribution in [0.1, 0.15) is 72.5 Å². The molecule has 2 aromatic heterocycles. The highest BCUT2D eigenvalue weighted by molar-refractivity contribution is 6.06. The number of anilines is 2. The zero-order valence-corrected chi connectivity index (χ0v) is 27.6. The van der Waals surface area contributed by atoms with Crippen molar-refractivity contribution in [1.29, 1.82) is 0 Å². The Labute approximate surface area is 275 Å². The number of benzene rings is 3. The molecule has 242 valence electrons. The van der Waals surface area contributed by atoms with E-state index in [2.05, 4.69) is 41.9 Å². The summed E-state index contributed by atoms with van der Waals surface area (Å²) < 4.78 is 7.33. The zero-order chi connectivity index (χ0) is 33.1. The molecule has 9 nitrogen and oxygen atoms in total. The summed E-state index contributed by atoms with van der Waals surface area (Å²) in [6.07, 6.45) is 1.77. The van der Waals surface area contributed by atoms with Crippen molar-refractivity contribution >= 4 is 23.3 Å². The molecule has 6 rings (SSSR count). The number of aryl methyl sites for hydroxylation is 2. The Morgan fingerprint density at radius 3 is 2.26 bits per heavy atom. The monoisotopic (exact) mass is 630 g/mol. The first-order chi connectivity index (χ1) is 22.6. The maximum Gasteiger partial charge on any atom is 0.324 e. The van der Waals surface area contributed by atoms with Crippen molar-refractivity contribution in [3.05, 3.63) is 113 Å². The van der Waals surface area contributed by atoms with E-state index >= 15 is 0 Å². The molecule has 1 unspecified atom stereocenters. The molecule has 9 heteroatoms. The number of carbonyl (C=O) groups is 2. The fraction of sp³-hybridized carbons (Fsp3) is 0.316. The van der Waals surface area contributed by atoms with Crippen LogP contribution in [0.2, 0.25) is 0 Å². The molecule has 0 radical (unpaired) electrons. The van der Waals surface area contributed by atoms with Crippen molar-refractivity contribution in [3.63, 3.8) is 0 Å². The summed E-state index contributed by atoms with van der Waals surface area (Å²) in [5, 5.41) is 18.5. The van der Waals surface area contributed by atoms with E-state index in [-0.39, 0.29) is 29.1 Å². The summed E-state index contributed by atoms with van der Waals surface area (Å²) in [5.41, 5.74) is 6.13. The zero-order valence-electron chi connectivity index (χ0n) is 27.6. The van der Waals surface area contributed by atoms with Gasteiger partial charge in [0.25, 0.3) is 0 Å². The van der Waals surface area contributed by atoms with Crippen molar-refractivity contribution in [2.24, 2.45) is 5.92 Å². The number of hydrogen-bond donors (Lipinski definition) is 3. The Hall–Kier alpha value is -5.02. The number of urea groups is 1. The Morgan fingerprint density at radius 2 is 1.60 bits per heavy atom. The van der Waals surface area contributed by atoms with Crippen LogP contribution in [0, 0.1) is 19.8 Å². The molecule has 1 fully saturated rings. The van der Waals surface area contributed by atoms with Gasteiger partial charge in [-0.25, -0.2) is 9.48 Å². The van der Waals surface area contributed by atoms with Crippen molar-refractivity contribution in [3.8, 4) is 16.9 Å². The highest BCUT2D eigenvalue weighted by Gasteiger charge is 2.35. The number of carbonyl (C=O) groups excluding carboxylic acids is 2. The third-order valence-electron chi connectivity index (χ3n) is 8.82. The van der Waals surface area contributed by atoms with Crippen LogP contribution in [-0.4, -0.2) is 39.8 Å². The maximum absolute atomic E-state index is 14.4. The highest BCUT2D eigenvalue weighted by Crippen LogP contribution is 2.38. The molecule has 5 aromatic rings. The van der Waals surface area contributed by atoms with E-state index < -0.39 is 0 Å².